The number of nitrogens with zero attached hydrogens (tertiary/aromatic N) is 1. The van der Waals surface area contributed by atoms with E-state index in [1.165, 1.54) is 0 Å². The minimum atomic E-state index is -0.0405. The molecule has 0 aliphatic carbocycles. The molecule has 0 spiro atoms. The van der Waals surface area contributed by atoms with Gasteiger partial charge in [0.25, 0.3) is 0 Å². The number of carbonyl (C=O) groups is 1. The monoisotopic (exact) mass is 382 g/mol. The van der Waals surface area contributed by atoms with E-state index in [-0.39, 0.29) is 11.8 Å². The molecule has 150 valence electrons. The molecule has 0 fully saturated rings. The third kappa shape index (κ3) is 6.61. The van der Waals surface area contributed by atoms with Crippen molar-refractivity contribution in [2.45, 2.75) is 33.9 Å². The van der Waals surface area contributed by atoms with Gasteiger partial charge in [-0.15, -0.1) is 0 Å². The van der Waals surface area contributed by atoms with Crippen molar-refractivity contribution in [2.75, 3.05) is 19.0 Å². The van der Waals surface area contributed by atoms with Crippen LogP contribution >= 0.6 is 0 Å². The fourth-order valence-corrected chi connectivity index (χ4v) is 2.52. The van der Waals surface area contributed by atoms with Gasteiger partial charge in [-0.25, -0.2) is 4.99 Å². The molecule has 0 heterocycles. The topological polar surface area (TPSA) is 74.8 Å². The van der Waals surface area contributed by atoms with Crippen LogP contribution in [-0.4, -0.2) is 25.5 Å². The molecule has 2 rings (SSSR count). The summed E-state index contributed by atoms with van der Waals surface area (Å²) in [5, 5.41) is 9.48. The number of nitrogens with one attached hydrogen (secondary N) is 3. The fraction of sp³-hybridized carbons (Fsp3) is 0.364. The highest BCUT2D eigenvalue weighted by molar-refractivity contribution is 5.92. The summed E-state index contributed by atoms with van der Waals surface area (Å²) < 4.78 is 5.39. The number of hydrogen-bond acceptors (Lipinski definition) is 3. The summed E-state index contributed by atoms with van der Waals surface area (Å²) in [5.74, 6) is 1.57. The highest BCUT2D eigenvalue weighted by Crippen LogP contribution is 2.16. The Hall–Kier alpha value is -3.02. The summed E-state index contributed by atoms with van der Waals surface area (Å²) in [6.45, 7) is 7.72. The van der Waals surface area contributed by atoms with E-state index < -0.39 is 0 Å². The van der Waals surface area contributed by atoms with Gasteiger partial charge >= 0.3 is 0 Å². The van der Waals surface area contributed by atoms with Crippen LogP contribution < -0.4 is 20.7 Å². The molecule has 6 nitrogen and oxygen atoms in total. The minimum Gasteiger partial charge on any atom is -0.496 e. The Bertz CT molecular complexity index is 785. The van der Waals surface area contributed by atoms with Crippen LogP contribution in [0.25, 0.3) is 0 Å². The number of aliphatic imine (C=N–C) groups is 1. The second-order valence-electron chi connectivity index (χ2n) is 6.70. The summed E-state index contributed by atoms with van der Waals surface area (Å²) in [7, 11) is 1.67. The van der Waals surface area contributed by atoms with Crippen LogP contribution in [0.2, 0.25) is 0 Å². The number of hydrogen-bond donors (Lipinski definition) is 3. The van der Waals surface area contributed by atoms with Gasteiger partial charge in [0, 0.05) is 30.3 Å². The SMILES string of the molecule is CCNC(=NCc1ccc(NC(=O)C(C)C)cc1)NCc1ccccc1OC. The number of anilines is 1. The third-order valence-corrected chi connectivity index (χ3v) is 4.15. The number of ether oxygens (including phenoxy) is 1. The second kappa shape index (κ2) is 11.0. The molecule has 0 aliphatic heterocycles. The Balaban J connectivity index is 1.97. The van der Waals surface area contributed by atoms with E-state index in [0.29, 0.717) is 13.1 Å². The van der Waals surface area contributed by atoms with Crippen molar-refractivity contribution in [1.82, 2.24) is 10.6 Å². The number of para-hydroxylation sites is 1. The molecule has 0 aromatic heterocycles. The van der Waals surface area contributed by atoms with E-state index in [0.717, 1.165) is 35.1 Å². The Labute approximate surface area is 167 Å². The van der Waals surface area contributed by atoms with E-state index in [1.54, 1.807) is 7.11 Å². The maximum absolute atomic E-state index is 11.8. The third-order valence-electron chi connectivity index (χ3n) is 4.15. The molecular formula is C22H30N4O2. The molecule has 0 atom stereocenters. The van der Waals surface area contributed by atoms with E-state index >= 15 is 0 Å². The predicted octanol–water partition coefficient (Wildman–Crippen LogP) is 3.55. The quantitative estimate of drug-likeness (QED) is 0.482. The lowest BCUT2D eigenvalue weighted by Gasteiger charge is -2.13. The predicted molar refractivity (Wildman–Crippen MR) is 115 cm³/mol. The van der Waals surface area contributed by atoms with Crippen molar-refractivity contribution >= 4 is 17.6 Å². The number of amides is 1. The van der Waals surface area contributed by atoms with Crippen molar-refractivity contribution in [2.24, 2.45) is 10.9 Å². The van der Waals surface area contributed by atoms with Gasteiger partial charge in [0.05, 0.1) is 13.7 Å². The number of methoxy groups -OCH3 is 1. The lowest BCUT2D eigenvalue weighted by atomic mass is 10.1. The molecule has 0 saturated carbocycles. The Morgan fingerprint density at radius 1 is 1.07 bits per heavy atom. The van der Waals surface area contributed by atoms with Gasteiger partial charge in [-0.1, -0.05) is 44.2 Å². The highest BCUT2D eigenvalue weighted by Gasteiger charge is 2.07. The molecule has 0 aliphatic rings. The molecule has 3 N–H and O–H groups in total. The largest absolute Gasteiger partial charge is 0.496 e. The zero-order chi connectivity index (χ0) is 20.4. The summed E-state index contributed by atoms with van der Waals surface area (Å²) in [5.41, 5.74) is 2.94. The Kier molecular flexibility index (Phi) is 8.34. The molecular weight excluding hydrogens is 352 g/mol. The smallest absolute Gasteiger partial charge is 0.226 e. The van der Waals surface area contributed by atoms with Gasteiger partial charge in [-0.3, -0.25) is 4.79 Å². The van der Waals surface area contributed by atoms with E-state index in [9.17, 15) is 4.79 Å². The first-order valence-corrected chi connectivity index (χ1v) is 9.57. The van der Waals surface area contributed by atoms with Crippen molar-refractivity contribution < 1.29 is 9.53 Å². The van der Waals surface area contributed by atoms with Crippen LogP contribution in [0, 0.1) is 5.92 Å². The lowest BCUT2D eigenvalue weighted by Crippen LogP contribution is -2.36. The van der Waals surface area contributed by atoms with E-state index in [4.69, 9.17) is 4.74 Å². The van der Waals surface area contributed by atoms with Crippen molar-refractivity contribution in [3.8, 4) is 5.75 Å². The summed E-state index contributed by atoms with van der Waals surface area (Å²) in [4.78, 5) is 16.4. The van der Waals surface area contributed by atoms with E-state index in [1.807, 2.05) is 69.3 Å². The molecule has 2 aromatic rings. The normalized spacial score (nSPS) is 11.2. The molecule has 1 amide bonds. The number of benzene rings is 2. The summed E-state index contributed by atoms with van der Waals surface area (Å²) in [6, 6.07) is 15.7. The first kappa shape index (κ1) is 21.3. The zero-order valence-electron chi connectivity index (χ0n) is 17.1. The van der Waals surface area contributed by atoms with Crippen LogP contribution in [0.15, 0.2) is 53.5 Å². The molecule has 6 heteroatoms. The van der Waals surface area contributed by atoms with Crippen LogP contribution in [0.3, 0.4) is 0 Å². The van der Waals surface area contributed by atoms with Gasteiger partial charge in [0.15, 0.2) is 5.96 Å². The first-order chi connectivity index (χ1) is 13.5. The van der Waals surface area contributed by atoms with Gasteiger partial charge in [-0.2, -0.15) is 0 Å². The molecule has 28 heavy (non-hydrogen) atoms. The zero-order valence-corrected chi connectivity index (χ0v) is 17.1. The molecule has 0 radical (unpaired) electrons. The van der Waals surface area contributed by atoms with Gasteiger partial charge in [0.1, 0.15) is 5.75 Å². The van der Waals surface area contributed by atoms with Crippen molar-refractivity contribution in [3.63, 3.8) is 0 Å². The Morgan fingerprint density at radius 3 is 2.43 bits per heavy atom. The average molecular weight is 383 g/mol. The second-order valence-corrected chi connectivity index (χ2v) is 6.70. The Morgan fingerprint density at radius 2 is 1.79 bits per heavy atom. The maximum atomic E-state index is 11.8. The van der Waals surface area contributed by atoms with Crippen LogP contribution in [0.1, 0.15) is 31.9 Å². The number of carbonyl (C=O) groups excluding carboxylic acids is 1. The standard InChI is InChI=1S/C22H30N4O2/c1-5-23-22(25-15-18-8-6-7-9-20(18)28-4)24-14-17-10-12-19(13-11-17)26-21(27)16(2)3/h6-13,16H,5,14-15H2,1-4H3,(H,26,27)(H2,23,24,25). The van der Waals surface area contributed by atoms with Crippen LogP contribution in [0.4, 0.5) is 5.69 Å². The molecule has 2 aromatic carbocycles. The average Bonchev–Trinajstić information content (AvgIpc) is 2.71. The van der Waals surface area contributed by atoms with Gasteiger partial charge < -0.3 is 20.7 Å². The number of guanidine groups is 1. The van der Waals surface area contributed by atoms with Crippen LogP contribution in [0.5, 0.6) is 5.75 Å². The number of rotatable bonds is 8. The highest BCUT2D eigenvalue weighted by atomic mass is 16.5. The van der Waals surface area contributed by atoms with Crippen LogP contribution in [-0.2, 0) is 17.9 Å². The maximum Gasteiger partial charge on any atom is 0.226 e. The summed E-state index contributed by atoms with van der Waals surface area (Å²) in [6.07, 6.45) is 0. The summed E-state index contributed by atoms with van der Waals surface area (Å²) >= 11 is 0. The fourth-order valence-electron chi connectivity index (χ4n) is 2.52. The van der Waals surface area contributed by atoms with E-state index in [2.05, 4.69) is 20.9 Å². The van der Waals surface area contributed by atoms with Gasteiger partial charge in [0.2, 0.25) is 5.91 Å². The van der Waals surface area contributed by atoms with Gasteiger partial charge in [-0.05, 0) is 30.7 Å². The first-order valence-electron chi connectivity index (χ1n) is 9.57. The lowest BCUT2D eigenvalue weighted by molar-refractivity contribution is -0.118. The van der Waals surface area contributed by atoms with Crippen molar-refractivity contribution in [3.05, 3.63) is 59.7 Å². The minimum absolute atomic E-state index is 0.0146. The van der Waals surface area contributed by atoms with Crippen molar-refractivity contribution in [1.29, 1.82) is 0 Å². The molecule has 0 unspecified atom stereocenters. The molecule has 0 bridgehead atoms. The molecule has 0 saturated heterocycles.